The summed E-state index contributed by atoms with van der Waals surface area (Å²) in [6.45, 7) is 5.40. The lowest BCUT2D eigenvalue weighted by atomic mass is 10.1. The molecular weight excluding hydrogens is 366 g/mol. The van der Waals surface area contributed by atoms with Crippen molar-refractivity contribution >= 4 is 23.2 Å². The third-order valence-corrected chi connectivity index (χ3v) is 5.05. The van der Waals surface area contributed by atoms with E-state index in [1.54, 1.807) is 11.8 Å². The number of benzene rings is 2. The maximum absolute atomic E-state index is 12.3. The number of rotatable bonds is 8. The van der Waals surface area contributed by atoms with E-state index in [4.69, 9.17) is 4.74 Å². The largest absolute Gasteiger partial charge is 0.378 e. The van der Waals surface area contributed by atoms with E-state index in [0.29, 0.717) is 39.1 Å². The van der Waals surface area contributed by atoms with Crippen molar-refractivity contribution in [2.75, 3.05) is 49.2 Å². The van der Waals surface area contributed by atoms with Crippen molar-refractivity contribution < 1.29 is 14.3 Å². The van der Waals surface area contributed by atoms with Gasteiger partial charge in [-0.05, 0) is 24.1 Å². The number of amides is 2. The molecule has 2 aromatic carbocycles. The third-order valence-electron chi connectivity index (χ3n) is 5.05. The molecule has 2 aromatic rings. The van der Waals surface area contributed by atoms with E-state index in [1.807, 2.05) is 54.6 Å². The van der Waals surface area contributed by atoms with Crippen molar-refractivity contribution in [3.63, 3.8) is 0 Å². The second-order valence-corrected chi connectivity index (χ2v) is 7.09. The van der Waals surface area contributed by atoms with E-state index >= 15 is 0 Å². The predicted octanol–water partition coefficient (Wildman–Crippen LogP) is 2.63. The predicted molar refractivity (Wildman–Crippen MR) is 115 cm³/mol. The van der Waals surface area contributed by atoms with Gasteiger partial charge < -0.3 is 19.9 Å². The topological polar surface area (TPSA) is 61.9 Å². The highest BCUT2D eigenvalue weighted by atomic mass is 16.5. The summed E-state index contributed by atoms with van der Waals surface area (Å²) < 4.78 is 5.45. The zero-order valence-corrected chi connectivity index (χ0v) is 17.0. The number of aryl methyl sites for hydroxylation is 1. The molecule has 2 amide bonds. The molecule has 0 atom stereocenters. The van der Waals surface area contributed by atoms with Crippen LogP contribution in [0.3, 0.4) is 0 Å². The van der Waals surface area contributed by atoms with Gasteiger partial charge in [-0.25, -0.2) is 0 Å². The molecule has 6 heteroatoms. The summed E-state index contributed by atoms with van der Waals surface area (Å²) in [7, 11) is 0. The second-order valence-electron chi connectivity index (χ2n) is 7.09. The lowest BCUT2D eigenvalue weighted by Gasteiger charge is -2.33. The van der Waals surface area contributed by atoms with Crippen molar-refractivity contribution in [2.45, 2.75) is 19.8 Å². The maximum Gasteiger partial charge on any atom is 0.223 e. The van der Waals surface area contributed by atoms with Gasteiger partial charge in [0, 0.05) is 39.5 Å². The van der Waals surface area contributed by atoms with E-state index in [9.17, 15) is 9.59 Å². The van der Waals surface area contributed by atoms with Gasteiger partial charge in [-0.15, -0.1) is 0 Å². The van der Waals surface area contributed by atoms with Gasteiger partial charge in [-0.1, -0.05) is 42.5 Å². The molecule has 0 saturated carbocycles. The number of carbonyl (C=O) groups is 2. The molecule has 0 aliphatic carbocycles. The SMILES string of the molecule is CC(=O)N(CCNC(=O)CCc1ccccc1)c1ccccc1N1CCOCC1. The zero-order valence-electron chi connectivity index (χ0n) is 17.0. The molecule has 1 saturated heterocycles. The van der Waals surface area contributed by atoms with Crippen LogP contribution in [0, 0.1) is 0 Å². The second kappa shape index (κ2) is 10.6. The number of morpholine rings is 1. The fraction of sp³-hybridized carbons (Fsp3) is 0.391. The summed E-state index contributed by atoms with van der Waals surface area (Å²) in [5.74, 6) is -0.0388. The minimum absolute atomic E-state index is 0.00109. The molecule has 0 aromatic heterocycles. The van der Waals surface area contributed by atoms with Gasteiger partial charge in [-0.3, -0.25) is 9.59 Å². The van der Waals surface area contributed by atoms with Crippen LogP contribution in [0.25, 0.3) is 0 Å². The molecule has 0 radical (unpaired) electrons. The molecule has 154 valence electrons. The summed E-state index contributed by atoms with van der Waals surface area (Å²) in [6, 6.07) is 17.9. The highest BCUT2D eigenvalue weighted by Crippen LogP contribution is 2.29. The molecular formula is C23H29N3O3. The van der Waals surface area contributed by atoms with Crippen LogP contribution in [0.5, 0.6) is 0 Å². The first kappa shape index (κ1) is 20.9. The summed E-state index contributed by atoms with van der Waals surface area (Å²) in [4.78, 5) is 28.5. The fourth-order valence-corrected chi connectivity index (χ4v) is 3.51. The van der Waals surface area contributed by atoms with Crippen LogP contribution in [-0.4, -0.2) is 51.2 Å². The number of para-hydroxylation sites is 2. The number of hydrogen-bond donors (Lipinski definition) is 1. The van der Waals surface area contributed by atoms with Crippen molar-refractivity contribution in [1.29, 1.82) is 0 Å². The Labute approximate surface area is 172 Å². The van der Waals surface area contributed by atoms with Gasteiger partial charge in [0.05, 0.1) is 24.6 Å². The van der Waals surface area contributed by atoms with Crippen LogP contribution >= 0.6 is 0 Å². The lowest BCUT2D eigenvalue weighted by molar-refractivity contribution is -0.121. The molecule has 1 aliphatic heterocycles. The summed E-state index contributed by atoms with van der Waals surface area (Å²) in [5.41, 5.74) is 3.05. The molecule has 1 aliphatic rings. The quantitative estimate of drug-likeness (QED) is 0.746. The monoisotopic (exact) mass is 395 g/mol. The molecule has 3 rings (SSSR count). The first-order valence-corrected chi connectivity index (χ1v) is 10.2. The van der Waals surface area contributed by atoms with Crippen LogP contribution in [0.1, 0.15) is 18.9 Å². The highest BCUT2D eigenvalue weighted by Gasteiger charge is 2.20. The molecule has 0 spiro atoms. The Morgan fingerprint density at radius 1 is 1.03 bits per heavy atom. The lowest BCUT2D eigenvalue weighted by Crippen LogP contribution is -2.40. The summed E-state index contributed by atoms with van der Waals surface area (Å²) in [5, 5.41) is 2.94. The minimum Gasteiger partial charge on any atom is -0.378 e. The Balaban J connectivity index is 1.57. The van der Waals surface area contributed by atoms with E-state index in [0.717, 1.165) is 30.0 Å². The van der Waals surface area contributed by atoms with Crippen molar-refractivity contribution in [2.24, 2.45) is 0 Å². The molecule has 1 fully saturated rings. The Morgan fingerprint density at radius 2 is 1.72 bits per heavy atom. The fourth-order valence-electron chi connectivity index (χ4n) is 3.51. The number of anilines is 2. The average Bonchev–Trinajstić information content (AvgIpc) is 2.76. The van der Waals surface area contributed by atoms with E-state index in [2.05, 4.69) is 10.2 Å². The Morgan fingerprint density at radius 3 is 2.45 bits per heavy atom. The van der Waals surface area contributed by atoms with Crippen LogP contribution in [-0.2, 0) is 20.7 Å². The van der Waals surface area contributed by atoms with Crippen LogP contribution in [0.15, 0.2) is 54.6 Å². The average molecular weight is 396 g/mol. The normalized spacial score (nSPS) is 13.8. The molecule has 6 nitrogen and oxygen atoms in total. The Kier molecular flexibility index (Phi) is 7.64. The van der Waals surface area contributed by atoms with E-state index in [1.165, 1.54) is 0 Å². The molecule has 1 N–H and O–H groups in total. The van der Waals surface area contributed by atoms with Crippen LogP contribution < -0.4 is 15.1 Å². The van der Waals surface area contributed by atoms with Gasteiger partial charge in [0.1, 0.15) is 0 Å². The number of nitrogens with one attached hydrogen (secondary N) is 1. The maximum atomic E-state index is 12.3. The smallest absolute Gasteiger partial charge is 0.223 e. The van der Waals surface area contributed by atoms with Crippen molar-refractivity contribution in [1.82, 2.24) is 5.32 Å². The van der Waals surface area contributed by atoms with Crippen LogP contribution in [0.4, 0.5) is 11.4 Å². The first-order chi connectivity index (χ1) is 14.1. The molecule has 0 unspecified atom stereocenters. The molecule has 0 bridgehead atoms. The standard InChI is InChI=1S/C23H29N3O3/c1-19(27)26(14-13-24-23(28)12-11-20-7-3-2-4-8-20)22-10-6-5-9-21(22)25-15-17-29-18-16-25/h2-10H,11-18H2,1H3,(H,24,28). The van der Waals surface area contributed by atoms with Crippen LogP contribution in [0.2, 0.25) is 0 Å². The van der Waals surface area contributed by atoms with Gasteiger partial charge in [-0.2, -0.15) is 0 Å². The highest BCUT2D eigenvalue weighted by molar-refractivity contribution is 5.95. The molecule has 1 heterocycles. The number of ether oxygens (including phenoxy) is 1. The number of nitrogens with zero attached hydrogens (tertiary/aromatic N) is 2. The van der Waals surface area contributed by atoms with Crippen molar-refractivity contribution in [3.05, 3.63) is 60.2 Å². The third kappa shape index (κ3) is 6.06. The van der Waals surface area contributed by atoms with Crippen molar-refractivity contribution in [3.8, 4) is 0 Å². The number of hydrogen-bond acceptors (Lipinski definition) is 4. The van der Waals surface area contributed by atoms with E-state index in [-0.39, 0.29) is 11.8 Å². The summed E-state index contributed by atoms with van der Waals surface area (Å²) in [6.07, 6.45) is 1.15. The Bertz CT molecular complexity index is 804. The van der Waals surface area contributed by atoms with Gasteiger partial charge >= 0.3 is 0 Å². The molecule has 29 heavy (non-hydrogen) atoms. The van der Waals surface area contributed by atoms with E-state index < -0.39 is 0 Å². The summed E-state index contributed by atoms with van der Waals surface area (Å²) >= 11 is 0. The number of carbonyl (C=O) groups excluding carboxylic acids is 2. The van der Waals surface area contributed by atoms with Gasteiger partial charge in [0.15, 0.2) is 0 Å². The Hall–Kier alpha value is -2.86. The first-order valence-electron chi connectivity index (χ1n) is 10.2. The van der Waals surface area contributed by atoms with Gasteiger partial charge in [0.25, 0.3) is 0 Å². The van der Waals surface area contributed by atoms with Gasteiger partial charge in [0.2, 0.25) is 11.8 Å². The minimum atomic E-state index is -0.0377. The zero-order chi connectivity index (χ0) is 20.5.